The molecule has 0 spiro atoms. The van der Waals surface area contributed by atoms with Crippen molar-refractivity contribution >= 4 is 29.2 Å². The molecule has 0 saturated carbocycles. The first-order valence-electron chi connectivity index (χ1n) is 6.39. The zero-order chi connectivity index (χ0) is 15.8. The molecule has 1 rings (SSSR count). The number of amides is 2. The van der Waals surface area contributed by atoms with E-state index in [1.807, 2.05) is 0 Å². The number of nitrogens with one attached hydrogen (secondary N) is 2. The molecule has 0 radical (unpaired) electrons. The molecule has 1 aromatic carbocycles. The maximum absolute atomic E-state index is 11.6. The summed E-state index contributed by atoms with van der Waals surface area (Å²) in [7, 11) is 1.46. The van der Waals surface area contributed by atoms with E-state index in [0.717, 1.165) is 0 Å². The number of carboxylic acid groups (broad SMARTS) is 1. The summed E-state index contributed by atoms with van der Waals surface area (Å²) < 4.78 is 5.14. The molecule has 0 saturated heterocycles. The first-order valence-corrected chi connectivity index (χ1v) is 6.39. The van der Waals surface area contributed by atoms with Crippen LogP contribution in [0.3, 0.4) is 0 Å². The van der Waals surface area contributed by atoms with Crippen molar-refractivity contribution in [3.05, 3.63) is 18.2 Å². The number of rotatable bonds is 7. The number of benzene rings is 1. The summed E-state index contributed by atoms with van der Waals surface area (Å²) in [5, 5.41) is 13.8. The van der Waals surface area contributed by atoms with E-state index in [1.165, 1.54) is 14.0 Å². The normalized spacial score (nSPS) is 9.81. The fourth-order valence-corrected chi connectivity index (χ4v) is 1.69. The molecule has 0 aromatic heterocycles. The van der Waals surface area contributed by atoms with Gasteiger partial charge in [0.1, 0.15) is 5.75 Å². The molecule has 0 atom stereocenters. The predicted octanol–water partition coefficient (Wildman–Crippen LogP) is 1.85. The largest absolute Gasteiger partial charge is 0.494 e. The average molecular weight is 294 g/mol. The summed E-state index contributed by atoms with van der Waals surface area (Å²) in [6, 6.07) is 4.83. The Kier molecular flexibility index (Phi) is 6.19. The van der Waals surface area contributed by atoms with Crippen molar-refractivity contribution in [1.82, 2.24) is 0 Å². The fourth-order valence-electron chi connectivity index (χ4n) is 1.69. The van der Waals surface area contributed by atoms with E-state index in [4.69, 9.17) is 9.84 Å². The van der Waals surface area contributed by atoms with Gasteiger partial charge in [-0.25, -0.2) is 0 Å². The summed E-state index contributed by atoms with van der Waals surface area (Å²) in [5.74, 6) is -0.998. The minimum Gasteiger partial charge on any atom is -0.494 e. The molecule has 0 bridgehead atoms. The first kappa shape index (κ1) is 16.5. The van der Waals surface area contributed by atoms with Crippen LogP contribution in [0.5, 0.6) is 5.75 Å². The Bertz CT molecular complexity index is 542. The van der Waals surface area contributed by atoms with Crippen LogP contribution >= 0.6 is 0 Å². The number of carbonyl (C=O) groups excluding carboxylic acids is 2. The zero-order valence-electron chi connectivity index (χ0n) is 11.9. The van der Waals surface area contributed by atoms with Crippen molar-refractivity contribution in [2.75, 3.05) is 17.7 Å². The van der Waals surface area contributed by atoms with Gasteiger partial charge < -0.3 is 20.5 Å². The van der Waals surface area contributed by atoms with Crippen molar-refractivity contribution in [2.45, 2.75) is 26.2 Å². The van der Waals surface area contributed by atoms with E-state index in [0.29, 0.717) is 17.1 Å². The highest BCUT2D eigenvalue weighted by molar-refractivity contribution is 5.93. The van der Waals surface area contributed by atoms with Gasteiger partial charge in [0.05, 0.1) is 12.8 Å². The molecule has 0 fully saturated rings. The second kappa shape index (κ2) is 7.88. The number of hydrogen-bond acceptors (Lipinski definition) is 4. The van der Waals surface area contributed by atoms with Crippen molar-refractivity contribution < 1.29 is 24.2 Å². The van der Waals surface area contributed by atoms with Crippen molar-refractivity contribution in [2.24, 2.45) is 0 Å². The number of carbonyl (C=O) groups is 3. The third-order valence-electron chi connectivity index (χ3n) is 2.59. The monoisotopic (exact) mass is 294 g/mol. The Morgan fingerprint density at radius 1 is 1.19 bits per heavy atom. The zero-order valence-corrected chi connectivity index (χ0v) is 11.9. The minimum atomic E-state index is -0.927. The lowest BCUT2D eigenvalue weighted by Crippen LogP contribution is -2.12. The number of anilines is 2. The molecule has 0 aliphatic heterocycles. The van der Waals surface area contributed by atoms with Gasteiger partial charge in [-0.15, -0.1) is 0 Å². The van der Waals surface area contributed by atoms with Gasteiger partial charge in [-0.1, -0.05) is 0 Å². The highest BCUT2D eigenvalue weighted by Crippen LogP contribution is 2.28. The van der Waals surface area contributed by atoms with E-state index in [9.17, 15) is 14.4 Å². The highest BCUT2D eigenvalue weighted by atomic mass is 16.5. The van der Waals surface area contributed by atoms with E-state index in [2.05, 4.69) is 10.6 Å². The third-order valence-corrected chi connectivity index (χ3v) is 2.59. The van der Waals surface area contributed by atoms with Crippen LogP contribution in [0.1, 0.15) is 26.2 Å². The quantitative estimate of drug-likeness (QED) is 0.711. The summed E-state index contributed by atoms with van der Waals surface area (Å²) in [6.45, 7) is 1.39. The number of aliphatic carboxylic acids is 1. The molecule has 7 heteroatoms. The molecule has 2 amide bonds. The van der Waals surface area contributed by atoms with Crippen LogP contribution in [-0.2, 0) is 14.4 Å². The summed E-state index contributed by atoms with van der Waals surface area (Å²) in [5.41, 5.74) is 1.02. The Morgan fingerprint density at radius 3 is 2.48 bits per heavy atom. The maximum Gasteiger partial charge on any atom is 0.303 e. The smallest absolute Gasteiger partial charge is 0.303 e. The van der Waals surface area contributed by atoms with E-state index in [1.54, 1.807) is 18.2 Å². The van der Waals surface area contributed by atoms with E-state index in [-0.39, 0.29) is 31.1 Å². The molecule has 21 heavy (non-hydrogen) atoms. The Morgan fingerprint density at radius 2 is 1.90 bits per heavy atom. The molecular formula is C14H18N2O5. The molecule has 0 aliphatic carbocycles. The van der Waals surface area contributed by atoms with Gasteiger partial charge in [0, 0.05) is 31.5 Å². The third kappa shape index (κ3) is 5.94. The number of hydrogen-bond donors (Lipinski definition) is 3. The lowest BCUT2D eigenvalue weighted by molar-refractivity contribution is -0.137. The Labute approximate surface area is 122 Å². The van der Waals surface area contributed by atoms with Crippen LogP contribution in [0.4, 0.5) is 11.4 Å². The second-order valence-corrected chi connectivity index (χ2v) is 4.39. The molecule has 0 unspecified atom stereocenters. The van der Waals surface area contributed by atoms with Gasteiger partial charge in [0.25, 0.3) is 0 Å². The average Bonchev–Trinajstić information content (AvgIpc) is 2.39. The van der Waals surface area contributed by atoms with E-state index >= 15 is 0 Å². The number of carboxylic acids is 1. The minimum absolute atomic E-state index is 0.0434. The topological polar surface area (TPSA) is 105 Å². The SMILES string of the molecule is COc1cc(NC(=O)CCCC(=O)O)ccc1NC(C)=O. The van der Waals surface area contributed by atoms with Gasteiger partial charge in [-0.05, 0) is 18.6 Å². The van der Waals surface area contributed by atoms with Crippen LogP contribution in [-0.4, -0.2) is 30.0 Å². The van der Waals surface area contributed by atoms with Gasteiger partial charge >= 0.3 is 5.97 Å². The summed E-state index contributed by atoms with van der Waals surface area (Å²) >= 11 is 0. The van der Waals surface area contributed by atoms with Crippen molar-refractivity contribution in [3.8, 4) is 5.75 Å². The predicted molar refractivity (Wildman–Crippen MR) is 77.4 cm³/mol. The van der Waals surface area contributed by atoms with Gasteiger partial charge in [-0.3, -0.25) is 14.4 Å². The fraction of sp³-hybridized carbons (Fsp3) is 0.357. The Balaban J connectivity index is 2.65. The van der Waals surface area contributed by atoms with Crippen LogP contribution < -0.4 is 15.4 Å². The molecule has 7 nitrogen and oxygen atoms in total. The summed E-state index contributed by atoms with van der Waals surface area (Å²) in [4.78, 5) is 33.0. The first-order chi connectivity index (χ1) is 9.92. The lowest BCUT2D eigenvalue weighted by Gasteiger charge is -2.11. The van der Waals surface area contributed by atoms with Crippen LogP contribution in [0.25, 0.3) is 0 Å². The van der Waals surface area contributed by atoms with Gasteiger partial charge in [0.2, 0.25) is 11.8 Å². The Hall–Kier alpha value is -2.57. The standard InChI is InChI=1S/C14H18N2O5/c1-9(17)15-11-7-6-10(8-12(11)21-2)16-13(18)4-3-5-14(19)20/h6-8H,3-5H2,1-2H3,(H,15,17)(H,16,18)(H,19,20). The van der Waals surface area contributed by atoms with Crippen LogP contribution in [0.2, 0.25) is 0 Å². The van der Waals surface area contributed by atoms with E-state index < -0.39 is 5.97 Å². The maximum atomic E-state index is 11.6. The van der Waals surface area contributed by atoms with Crippen LogP contribution in [0.15, 0.2) is 18.2 Å². The molecular weight excluding hydrogens is 276 g/mol. The van der Waals surface area contributed by atoms with Crippen molar-refractivity contribution in [3.63, 3.8) is 0 Å². The van der Waals surface area contributed by atoms with Crippen LogP contribution in [0, 0.1) is 0 Å². The molecule has 114 valence electrons. The number of methoxy groups -OCH3 is 1. The van der Waals surface area contributed by atoms with Gasteiger partial charge in [-0.2, -0.15) is 0 Å². The number of ether oxygens (including phenoxy) is 1. The molecule has 0 aliphatic rings. The summed E-state index contributed by atoms with van der Waals surface area (Å²) in [6.07, 6.45) is 0.364. The van der Waals surface area contributed by atoms with Crippen molar-refractivity contribution in [1.29, 1.82) is 0 Å². The second-order valence-electron chi connectivity index (χ2n) is 4.39. The molecule has 0 heterocycles. The molecule has 3 N–H and O–H groups in total. The van der Waals surface area contributed by atoms with Gasteiger partial charge in [0.15, 0.2) is 0 Å². The molecule has 1 aromatic rings. The lowest BCUT2D eigenvalue weighted by atomic mass is 10.2. The highest BCUT2D eigenvalue weighted by Gasteiger charge is 2.08.